The quantitative estimate of drug-likeness (QED) is 0.585. The average Bonchev–Trinajstić information content (AvgIpc) is 2.42. The van der Waals surface area contributed by atoms with Crippen LogP contribution in [0.1, 0.15) is 26.2 Å². The predicted molar refractivity (Wildman–Crippen MR) is 52.5 cm³/mol. The third kappa shape index (κ3) is 1.99. The molecule has 1 aliphatic rings. The molecule has 0 aromatic rings. The number of terminal acetylenes is 1. The first-order valence-corrected chi connectivity index (χ1v) is 4.31. The molecule has 12 heavy (non-hydrogen) atoms. The highest BCUT2D eigenvalue weighted by atomic mass is 14.6. The van der Waals surface area contributed by atoms with Crippen molar-refractivity contribution >= 4 is 0 Å². The maximum atomic E-state index is 5.83. The largest absolute Gasteiger partial charge is 0.327 e. The molecule has 0 radical (unpaired) electrons. The second-order valence-corrected chi connectivity index (χ2v) is 3.12. The van der Waals surface area contributed by atoms with Gasteiger partial charge in [0.2, 0.25) is 0 Å². The Balaban J connectivity index is 2.72. The molecule has 0 amide bonds. The van der Waals surface area contributed by atoms with E-state index in [1.54, 1.807) is 0 Å². The first-order chi connectivity index (χ1) is 5.77. The molecule has 1 nitrogen and oxygen atoms in total. The van der Waals surface area contributed by atoms with E-state index in [1.165, 1.54) is 11.1 Å². The zero-order valence-electron chi connectivity index (χ0n) is 7.51. The minimum atomic E-state index is 0.306. The predicted octanol–water partition coefficient (Wildman–Crippen LogP) is 2.00. The van der Waals surface area contributed by atoms with E-state index in [0.29, 0.717) is 6.04 Å². The Kier molecular flexibility index (Phi) is 3.13. The van der Waals surface area contributed by atoms with Crippen molar-refractivity contribution in [3.05, 3.63) is 23.3 Å². The highest BCUT2D eigenvalue weighted by Gasteiger charge is 2.19. The molecule has 0 saturated heterocycles. The van der Waals surface area contributed by atoms with E-state index in [2.05, 4.69) is 25.0 Å². The highest BCUT2D eigenvalue weighted by molar-refractivity contribution is 5.37. The van der Waals surface area contributed by atoms with Crippen molar-refractivity contribution in [2.45, 2.75) is 32.2 Å². The molecule has 1 fully saturated rings. The molecule has 2 N–H and O–H groups in total. The van der Waals surface area contributed by atoms with Crippen LogP contribution >= 0.6 is 0 Å². The van der Waals surface area contributed by atoms with Crippen molar-refractivity contribution in [3.63, 3.8) is 0 Å². The van der Waals surface area contributed by atoms with Crippen molar-refractivity contribution < 1.29 is 0 Å². The Morgan fingerprint density at radius 1 is 1.58 bits per heavy atom. The molecule has 64 valence electrons. The highest BCUT2D eigenvalue weighted by Crippen LogP contribution is 2.29. The van der Waals surface area contributed by atoms with Crippen molar-refractivity contribution in [2.75, 3.05) is 0 Å². The third-order valence-corrected chi connectivity index (χ3v) is 2.19. The van der Waals surface area contributed by atoms with E-state index in [-0.39, 0.29) is 0 Å². The molecule has 1 saturated carbocycles. The number of nitrogens with two attached hydrogens (primary N) is 1. The zero-order chi connectivity index (χ0) is 8.97. The fraction of sp³-hybridized carbons (Fsp3) is 0.455. The maximum Gasteiger partial charge on any atom is 0.0272 e. The topological polar surface area (TPSA) is 26.0 Å². The molecule has 1 rings (SSSR count). The molecule has 1 unspecified atom stereocenters. The van der Waals surface area contributed by atoms with Gasteiger partial charge in [0.15, 0.2) is 0 Å². The summed E-state index contributed by atoms with van der Waals surface area (Å²) in [6.07, 6.45) is 12.1. The summed E-state index contributed by atoms with van der Waals surface area (Å²) in [5.74, 6) is 2.61. The monoisotopic (exact) mass is 161 g/mol. The molecule has 0 aromatic carbocycles. The van der Waals surface area contributed by atoms with Crippen molar-refractivity contribution in [1.82, 2.24) is 0 Å². The minimum absolute atomic E-state index is 0.306. The van der Waals surface area contributed by atoms with Gasteiger partial charge in [-0.2, -0.15) is 0 Å². The molecule has 1 atom stereocenters. The van der Waals surface area contributed by atoms with Gasteiger partial charge in [0.1, 0.15) is 0 Å². The standard InChI is InChI=1S/C11H15N/c1-3-5-6-10-8-11(12)7-9(10)4-2/h1,4,6,11H,5,7-8,12H2,2H3/b9-4-,10-6-. The summed E-state index contributed by atoms with van der Waals surface area (Å²) in [5, 5.41) is 0. The Hall–Kier alpha value is -1.00. The van der Waals surface area contributed by atoms with Gasteiger partial charge in [-0.05, 0) is 30.9 Å². The second kappa shape index (κ2) is 4.13. The number of allylic oxidation sites excluding steroid dienone is 2. The van der Waals surface area contributed by atoms with Gasteiger partial charge in [0.05, 0.1) is 0 Å². The van der Waals surface area contributed by atoms with Crippen molar-refractivity contribution in [2.24, 2.45) is 5.73 Å². The van der Waals surface area contributed by atoms with E-state index >= 15 is 0 Å². The Labute approximate surface area is 74.3 Å². The van der Waals surface area contributed by atoms with Crippen LogP contribution in [0.25, 0.3) is 0 Å². The van der Waals surface area contributed by atoms with Gasteiger partial charge in [0, 0.05) is 12.5 Å². The van der Waals surface area contributed by atoms with E-state index in [4.69, 9.17) is 12.2 Å². The molecule has 1 aliphatic carbocycles. The SMILES string of the molecule is C#CC/C=C1/CC(N)C/C1=C/C. The average molecular weight is 161 g/mol. The normalized spacial score (nSPS) is 29.6. The number of hydrogen-bond donors (Lipinski definition) is 1. The zero-order valence-corrected chi connectivity index (χ0v) is 7.51. The Morgan fingerprint density at radius 3 is 2.83 bits per heavy atom. The second-order valence-electron chi connectivity index (χ2n) is 3.12. The lowest BCUT2D eigenvalue weighted by Gasteiger charge is -1.96. The number of hydrogen-bond acceptors (Lipinski definition) is 1. The molecule has 0 bridgehead atoms. The Bertz CT molecular complexity index is 253. The summed E-state index contributed by atoms with van der Waals surface area (Å²) in [5.41, 5.74) is 8.55. The van der Waals surface area contributed by atoms with E-state index in [0.717, 1.165) is 19.3 Å². The van der Waals surface area contributed by atoms with Crippen LogP contribution in [0.2, 0.25) is 0 Å². The summed E-state index contributed by atoms with van der Waals surface area (Å²) in [6.45, 7) is 2.05. The van der Waals surface area contributed by atoms with Crippen LogP contribution in [0.4, 0.5) is 0 Å². The molecule has 0 aliphatic heterocycles. The van der Waals surface area contributed by atoms with Gasteiger partial charge in [-0.1, -0.05) is 12.2 Å². The molecular weight excluding hydrogens is 146 g/mol. The third-order valence-electron chi connectivity index (χ3n) is 2.19. The molecule has 1 heteroatoms. The van der Waals surface area contributed by atoms with Gasteiger partial charge in [-0.3, -0.25) is 0 Å². The molecular formula is C11H15N. The van der Waals surface area contributed by atoms with E-state index in [9.17, 15) is 0 Å². The lowest BCUT2D eigenvalue weighted by molar-refractivity contribution is 0.734. The van der Waals surface area contributed by atoms with Gasteiger partial charge in [-0.25, -0.2) is 0 Å². The lowest BCUT2D eigenvalue weighted by Crippen LogP contribution is -2.13. The van der Waals surface area contributed by atoms with Gasteiger partial charge in [-0.15, -0.1) is 12.3 Å². The molecule has 0 aromatic heterocycles. The Morgan fingerprint density at radius 2 is 2.25 bits per heavy atom. The molecule has 0 heterocycles. The van der Waals surface area contributed by atoms with Crippen molar-refractivity contribution in [1.29, 1.82) is 0 Å². The van der Waals surface area contributed by atoms with E-state index < -0.39 is 0 Å². The van der Waals surface area contributed by atoms with Crippen LogP contribution in [0.5, 0.6) is 0 Å². The summed E-state index contributed by atoms with van der Waals surface area (Å²) < 4.78 is 0. The summed E-state index contributed by atoms with van der Waals surface area (Å²) in [4.78, 5) is 0. The first kappa shape index (κ1) is 9.09. The fourth-order valence-corrected chi connectivity index (χ4v) is 1.60. The van der Waals surface area contributed by atoms with Crippen LogP contribution in [-0.4, -0.2) is 6.04 Å². The van der Waals surface area contributed by atoms with Gasteiger partial charge in [0.25, 0.3) is 0 Å². The van der Waals surface area contributed by atoms with Crippen molar-refractivity contribution in [3.8, 4) is 12.3 Å². The number of rotatable bonds is 1. The smallest absolute Gasteiger partial charge is 0.0272 e. The van der Waals surface area contributed by atoms with Crippen LogP contribution in [-0.2, 0) is 0 Å². The lowest BCUT2D eigenvalue weighted by atomic mass is 10.1. The maximum absolute atomic E-state index is 5.83. The van der Waals surface area contributed by atoms with Gasteiger partial charge >= 0.3 is 0 Å². The van der Waals surface area contributed by atoms with Crippen LogP contribution < -0.4 is 5.73 Å². The summed E-state index contributed by atoms with van der Waals surface area (Å²) >= 11 is 0. The van der Waals surface area contributed by atoms with Crippen LogP contribution in [0.15, 0.2) is 23.3 Å². The molecule has 0 spiro atoms. The van der Waals surface area contributed by atoms with E-state index in [1.807, 2.05) is 0 Å². The summed E-state index contributed by atoms with van der Waals surface area (Å²) in [7, 11) is 0. The fourth-order valence-electron chi connectivity index (χ4n) is 1.60. The van der Waals surface area contributed by atoms with Crippen LogP contribution in [0.3, 0.4) is 0 Å². The van der Waals surface area contributed by atoms with Gasteiger partial charge < -0.3 is 5.73 Å². The minimum Gasteiger partial charge on any atom is -0.327 e. The first-order valence-electron chi connectivity index (χ1n) is 4.31. The summed E-state index contributed by atoms with van der Waals surface area (Å²) in [6, 6.07) is 0.306. The van der Waals surface area contributed by atoms with Crippen LogP contribution in [0, 0.1) is 12.3 Å².